The quantitative estimate of drug-likeness (QED) is 0.720. The van der Waals surface area contributed by atoms with Gasteiger partial charge in [-0.25, -0.2) is 0 Å². The molecule has 0 aromatic rings. The molecule has 1 aliphatic heterocycles. The Bertz CT molecular complexity index is 218. The largest absolute Gasteiger partial charge is 0.341 e. The second-order valence-corrected chi connectivity index (χ2v) is 5.01. The number of carbonyl (C=O) groups excluding carboxylic acids is 1. The van der Waals surface area contributed by atoms with E-state index >= 15 is 0 Å². The summed E-state index contributed by atoms with van der Waals surface area (Å²) >= 11 is 0. The number of hydrogen-bond acceptors (Lipinski definition) is 2. The van der Waals surface area contributed by atoms with E-state index in [0.717, 1.165) is 32.5 Å². The maximum absolute atomic E-state index is 11.8. The van der Waals surface area contributed by atoms with E-state index in [1.54, 1.807) is 0 Å². The molecule has 1 N–H and O–H groups in total. The summed E-state index contributed by atoms with van der Waals surface area (Å²) in [5.74, 6) is 0.958. The zero-order chi connectivity index (χ0) is 12.0. The molecule has 1 amide bonds. The molecule has 1 fully saturated rings. The summed E-state index contributed by atoms with van der Waals surface area (Å²) in [5.41, 5.74) is 0. The Labute approximate surface area is 99.6 Å². The molecule has 3 nitrogen and oxygen atoms in total. The summed E-state index contributed by atoms with van der Waals surface area (Å²) in [6.45, 7) is 9.41. The molecule has 0 aromatic heterocycles. The van der Waals surface area contributed by atoms with Crippen LogP contribution in [0.5, 0.6) is 0 Å². The molecule has 1 heterocycles. The second kappa shape index (κ2) is 6.89. The van der Waals surface area contributed by atoms with Gasteiger partial charge in [-0.15, -0.1) is 0 Å². The number of nitrogens with zero attached hydrogens (tertiary/aromatic N) is 1. The molecule has 0 spiro atoms. The zero-order valence-corrected chi connectivity index (χ0v) is 11.0. The summed E-state index contributed by atoms with van der Waals surface area (Å²) in [6.07, 6.45) is 4.31. The Morgan fingerprint density at radius 1 is 1.44 bits per heavy atom. The van der Waals surface area contributed by atoms with Crippen molar-refractivity contribution in [3.63, 3.8) is 0 Å². The van der Waals surface area contributed by atoms with Gasteiger partial charge in [0.2, 0.25) is 5.91 Å². The Morgan fingerprint density at radius 3 is 2.81 bits per heavy atom. The molecule has 2 atom stereocenters. The van der Waals surface area contributed by atoms with Crippen LogP contribution in [-0.2, 0) is 4.79 Å². The topological polar surface area (TPSA) is 32.3 Å². The van der Waals surface area contributed by atoms with Gasteiger partial charge in [0, 0.05) is 25.6 Å². The van der Waals surface area contributed by atoms with Gasteiger partial charge in [0.15, 0.2) is 0 Å². The van der Waals surface area contributed by atoms with Crippen LogP contribution in [0.25, 0.3) is 0 Å². The van der Waals surface area contributed by atoms with Gasteiger partial charge >= 0.3 is 0 Å². The highest BCUT2D eigenvalue weighted by atomic mass is 16.2. The standard InChI is InChI=1S/C13H26N2O/c1-4-6-12-8-13(16)15(10-12)9-11(3)14-7-5-2/h11-12,14H,4-10H2,1-3H3. The predicted molar refractivity (Wildman–Crippen MR) is 67.4 cm³/mol. The first-order valence-electron chi connectivity index (χ1n) is 6.68. The average Bonchev–Trinajstić information content (AvgIpc) is 2.57. The van der Waals surface area contributed by atoms with E-state index in [-0.39, 0.29) is 0 Å². The second-order valence-electron chi connectivity index (χ2n) is 5.01. The SMILES string of the molecule is CCCNC(C)CN1CC(CCC)CC1=O. The van der Waals surface area contributed by atoms with Crippen molar-refractivity contribution >= 4 is 5.91 Å². The number of amides is 1. The molecule has 0 aliphatic carbocycles. The summed E-state index contributed by atoms with van der Waals surface area (Å²) < 4.78 is 0. The van der Waals surface area contributed by atoms with E-state index in [4.69, 9.17) is 0 Å². The molecule has 1 aliphatic rings. The number of carbonyl (C=O) groups is 1. The summed E-state index contributed by atoms with van der Waals surface area (Å²) in [5, 5.41) is 3.43. The fourth-order valence-corrected chi connectivity index (χ4v) is 2.42. The van der Waals surface area contributed by atoms with E-state index < -0.39 is 0 Å². The normalized spacial score (nSPS) is 22.8. The molecule has 2 unspecified atom stereocenters. The monoisotopic (exact) mass is 226 g/mol. The molecule has 16 heavy (non-hydrogen) atoms. The highest BCUT2D eigenvalue weighted by molar-refractivity contribution is 5.78. The van der Waals surface area contributed by atoms with Gasteiger partial charge < -0.3 is 10.2 Å². The number of likely N-dealkylation sites (tertiary alicyclic amines) is 1. The fraction of sp³-hybridized carbons (Fsp3) is 0.923. The third kappa shape index (κ3) is 4.12. The Hall–Kier alpha value is -0.570. The highest BCUT2D eigenvalue weighted by Crippen LogP contribution is 2.22. The Balaban J connectivity index is 2.29. The van der Waals surface area contributed by atoms with Crippen LogP contribution in [-0.4, -0.2) is 36.5 Å². The van der Waals surface area contributed by atoms with Crippen molar-refractivity contribution in [1.82, 2.24) is 10.2 Å². The predicted octanol–water partition coefficient (Wildman–Crippen LogP) is 2.02. The van der Waals surface area contributed by atoms with E-state index in [9.17, 15) is 4.79 Å². The highest BCUT2D eigenvalue weighted by Gasteiger charge is 2.29. The van der Waals surface area contributed by atoms with Gasteiger partial charge in [-0.05, 0) is 32.2 Å². The molecule has 0 bridgehead atoms. The van der Waals surface area contributed by atoms with Crippen molar-refractivity contribution in [2.75, 3.05) is 19.6 Å². The van der Waals surface area contributed by atoms with Crippen molar-refractivity contribution in [3.05, 3.63) is 0 Å². The van der Waals surface area contributed by atoms with Gasteiger partial charge in [0.1, 0.15) is 0 Å². The maximum Gasteiger partial charge on any atom is 0.222 e. The third-order valence-electron chi connectivity index (χ3n) is 3.23. The minimum atomic E-state index is 0.351. The first kappa shape index (κ1) is 13.5. The Morgan fingerprint density at radius 2 is 2.19 bits per heavy atom. The van der Waals surface area contributed by atoms with Crippen LogP contribution in [0.3, 0.4) is 0 Å². The molecule has 1 saturated heterocycles. The van der Waals surface area contributed by atoms with E-state index in [1.165, 1.54) is 12.8 Å². The van der Waals surface area contributed by atoms with Gasteiger partial charge in [0.25, 0.3) is 0 Å². The van der Waals surface area contributed by atoms with Crippen molar-refractivity contribution in [3.8, 4) is 0 Å². The van der Waals surface area contributed by atoms with Crippen LogP contribution >= 0.6 is 0 Å². The van der Waals surface area contributed by atoms with Crippen LogP contribution < -0.4 is 5.32 Å². The van der Waals surface area contributed by atoms with E-state index in [2.05, 4.69) is 26.1 Å². The van der Waals surface area contributed by atoms with E-state index in [1.807, 2.05) is 4.90 Å². The third-order valence-corrected chi connectivity index (χ3v) is 3.23. The molecule has 94 valence electrons. The molecule has 0 saturated carbocycles. The lowest BCUT2D eigenvalue weighted by Crippen LogP contribution is -2.40. The molecule has 3 heteroatoms. The van der Waals surface area contributed by atoms with Crippen molar-refractivity contribution in [2.24, 2.45) is 5.92 Å². The molecule has 0 radical (unpaired) electrons. The molecular weight excluding hydrogens is 200 g/mol. The molecule has 1 rings (SSSR count). The summed E-state index contributed by atoms with van der Waals surface area (Å²) in [6, 6.07) is 0.421. The average molecular weight is 226 g/mol. The van der Waals surface area contributed by atoms with Gasteiger partial charge in [-0.3, -0.25) is 4.79 Å². The maximum atomic E-state index is 11.8. The van der Waals surface area contributed by atoms with Gasteiger partial charge in [0.05, 0.1) is 0 Å². The van der Waals surface area contributed by atoms with Crippen LogP contribution in [0, 0.1) is 5.92 Å². The number of nitrogens with one attached hydrogen (secondary N) is 1. The minimum absolute atomic E-state index is 0.351. The first-order chi connectivity index (χ1) is 7.67. The van der Waals surface area contributed by atoms with Crippen LogP contribution in [0.4, 0.5) is 0 Å². The summed E-state index contributed by atoms with van der Waals surface area (Å²) in [7, 11) is 0. The minimum Gasteiger partial charge on any atom is -0.341 e. The van der Waals surface area contributed by atoms with Gasteiger partial charge in [-0.2, -0.15) is 0 Å². The lowest BCUT2D eigenvalue weighted by Gasteiger charge is -2.22. The van der Waals surface area contributed by atoms with Crippen molar-refractivity contribution in [1.29, 1.82) is 0 Å². The smallest absolute Gasteiger partial charge is 0.222 e. The van der Waals surface area contributed by atoms with Crippen LogP contribution in [0.15, 0.2) is 0 Å². The van der Waals surface area contributed by atoms with Crippen LogP contribution in [0.1, 0.15) is 46.5 Å². The van der Waals surface area contributed by atoms with Gasteiger partial charge in [-0.1, -0.05) is 20.3 Å². The number of hydrogen-bond donors (Lipinski definition) is 1. The molecule has 0 aromatic carbocycles. The van der Waals surface area contributed by atoms with Crippen LogP contribution in [0.2, 0.25) is 0 Å². The van der Waals surface area contributed by atoms with Crippen molar-refractivity contribution in [2.45, 2.75) is 52.5 Å². The zero-order valence-electron chi connectivity index (χ0n) is 11.0. The number of rotatable bonds is 7. The molecular formula is C13H26N2O. The lowest BCUT2D eigenvalue weighted by molar-refractivity contribution is -0.128. The summed E-state index contributed by atoms with van der Waals surface area (Å²) in [4.78, 5) is 13.8. The van der Waals surface area contributed by atoms with E-state index in [0.29, 0.717) is 17.9 Å². The lowest BCUT2D eigenvalue weighted by atomic mass is 10.0. The first-order valence-corrected chi connectivity index (χ1v) is 6.68. The van der Waals surface area contributed by atoms with Crippen molar-refractivity contribution < 1.29 is 4.79 Å². The fourth-order valence-electron chi connectivity index (χ4n) is 2.42. The Kier molecular flexibility index (Phi) is 5.81.